The van der Waals surface area contributed by atoms with Crippen molar-refractivity contribution in [2.45, 2.75) is 38.8 Å². The number of hydrogen-bond donors (Lipinski definition) is 2. The molecule has 0 fully saturated rings. The Labute approximate surface area is 119 Å². The highest BCUT2D eigenvalue weighted by molar-refractivity contribution is 5.86. The maximum atomic E-state index is 12.1. The van der Waals surface area contributed by atoms with E-state index in [4.69, 9.17) is 5.73 Å². The van der Waals surface area contributed by atoms with Gasteiger partial charge in [0.1, 0.15) is 0 Å². The van der Waals surface area contributed by atoms with Gasteiger partial charge in [0.15, 0.2) is 0 Å². The molecule has 0 saturated heterocycles. The summed E-state index contributed by atoms with van der Waals surface area (Å²) in [5, 5.41) is 3.98. The highest BCUT2D eigenvalue weighted by Gasteiger charge is 2.26. The zero-order valence-electron chi connectivity index (χ0n) is 12.0. The molecule has 20 heavy (non-hydrogen) atoms. The van der Waals surface area contributed by atoms with E-state index in [0.29, 0.717) is 13.0 Å². The maximum Gasteiger partial charge on any atom is 0.240 e. The van der Waals surface area contributed by atoms with E-state index in [-0.39, 0.29) is 5.91 Å². The van der Waals surface area contributed by atoms with Gasteiger partial charge in [-0.15, -0.1) is 0 Å². The Morgan fingerprint density at radius 3 is 2.85 bits per heavy atom. The molecule has 0 aliphatic heterocycles. The minimum Gasteiger partial charge on any atom is -0.350 e. The van der Waals surface area contributed by atoms with Crippen molar-refractivity contribution in [1.29, 1.82) is 0 Å². The fourth-order valence-electron chi connectivity index (χ4n) is 2.32. The van der Waals surface area contributed by atoms with Crippen molar-refractivity contribution < 1.29 is 4.79 Å². The Hall–Kier alpha value is -1.94. The van der Waals surface area contributed by atoms with Crippen molar-refractivity contribution >= 4 is 16.8 Å². The van der Waals surface area contributed by atoms with E-state index in [1.54, 1.807) is 13.1 Å². The van der Waals surface area contributed by atoms with Crippen molar-refractivity contribution in [2.75, 3.05) is 0 Å². The number of carbonyl (C=O) groups excluding carboxylic acids is 1. The number of carbonyl (C=O) groups is 1. The molecule has 0 spiro atoms. The fourth-order valence-corrected chi connectivity index (χ4v) is 2.32. The van der Waals surface area contributed by atoms with E-state index in [2.05, 4.69) is 10.3 Å². The summed E-state index contributed by atoms with van der Waals surface area (Å²) >= 11 is 0. The molecular weight excluding hydrogens is 250 g/mol. The summed E-state index contributed by atoms with van der Waals surface area (Å²) in [5.74, 6) is -0.118. The average molecular weight is 271 g/mol. The van der Waals surface area contributed by atoms with Crippen LogP contribution in [-0.4, -0.2) is 16.4 Å². The molecule has 1 atom stereocenters. The third-order valence-electron chi connectivity index (χ3n) is 3.44. The molecule has 2 rings (SSSR count). The third kappa shape index (κ3) is 3.14. The molecule has 1 heterocycles. The average Bonchev–Trinajstić information content (AvgIpc) is 2.44. The quantitative estimate of drug-likeness (QED) is 0.877. The van der Waals surface area contributed by atoms with Crippen LogP contribution in [-0.2, 0) is 11.3 Å². The number of pyridine rings is 1. The fraction of sp³-hybridized carbons (Fsp3) is 0.375. The highest BCUT2D eigenvalue weighted by atomic mass is 16.2. The van der Waals surface area contributed by atoms with E-state index in [1.807, 2.05) is 37.3 Å². The normalized spacial score (nSPS) is 13.9. The van der Waals surface area contributed by atoms with Crippen molar-refractivity contribution in [3.63, 3.8) is 0 Å². The second kappa shape index (κ2) is 6.01. The first-order chi connectivity index (χ1) is 9.54. The van der Waals surface area contributed by atoms with Crippen LogP contribution in [0.15, 0.2) is 36.5 Å². The maximum absolute atomic E-state index is 12.1. The lowest BCUT2D eigenvalue weighted by atomic mass is 9.96. The lowest BCUT2D eigenvalue weighted by Gasteiger charge is -2.23. The van der Waals surface area contributed by atoms with E-state index in [1.165, 1.54) is 0 Å². The van der Waals surface area contributed by atoms with Crippen molar-refractivity contribution in [1.82, 2.24) is 10.3 Å². The third-order valence-corrected chi connectivity index (χ3v) is 3.44. The zero-order valence-corrected chi connectivity index (χ0v) is 12.0. The van der Waals surface area contributed by atoms with Gasteiger partial charge in [-0.1, -0.05) is 37.6 Å². The number of hydrogen-bond acceptors (Lipinski definition) is 3. The van der Waals surface area contributed by atoms with Crippen LogP contribution in [0.5, 0.6) is 0 Å². The van der Waals surface area contributed by atoms with Crippen LogP contribution in [0.2, 0.25) is 0 Å². The molecule has 1 unspecified atom stereocenters. The largest absolute Gasteiger partial charge is 0.350 e. The van der Waals surface area contributed by atoms with Gasteiger partial charge in [-0.25, -0.2) is 0 Å². The number of fused-ring (bicyclic) bond motifs is 1. The Balaban J connectivity index is 2.12. The number of nitrogens with two attached hydrogens (primary N) is 1. The van der Waals surface area contributed by atoms with E-state index < -0.39 is 5.54 Å². The number of amides is 1. The van der Waals surface area contributed by atoms with Gasteiger partial charge in [0.05, 0.1) is 11.1 Å². The van der Waals surface area contributed by atoms with Gasteiger partial charge in [-0.3, -0.25) is 9.78 Å². The number of nitrogens with zero attached hydrogens (tertiary/aromatic N) is 1. The molecule has 0 aliphatic rings. The second-order valence-corrected chi connectivity index (χ2v) is 5.34. The minimum absolute atomic E-state index is 0.118. The summed E-state index contributed by atoms with van der Waals surface area (Å²) in [5.41, 5.74) is 7.13. The first-order valence-corrected chi connectivity index (χ1v) is 6.94. The predicted octanol–water partition coefficient (Wildman–Crippen LogP) is 2.37. The molecule has 2 aromatic rings. The van der Waals surface area contributed by atoms with Crippen molar-refractivity contribution in [3.05, 3.63) is 42.1 Å². The van der Waals surface area contributed by atoms with Crippen LogP contribution < -0.4 is 11.1 Å². The summed E-state index contributed by atoms with van der Waals surface area (Å²) in [6.45, 7) is 4.24. The standard InChI is InChI=1S/C16H21N3O/c1-3-9-16(2,17)15(20)19-11-13-7-4-6-12-8-5-10-18-14(12)13/h4-8,10H,3,9,11,17H2,1-2H3,(H,19,20). The van der Waals surface area contributed by atoms with Gasteiger partial charge < -0.3 is 11.1 Å². The summed E-state index contributed by atoms with van der Waals surface area (Å²) in [6.07, 6.45) is 3.32. The monoisotopic (exact) mass is 271 g/mol. The van der Waals surface area contributed by atoms with Crippen LogP contribution in [0.3, 0.4) is 0 Å². The lowest BCUT2D eigenvalue weighted by molar-refractivity contribution is -0.126. The van der Waals surface area contributed by atoms with Gasteiger partial charge >= 0.3 is 0 Å². The van der Waals surface area contributed by atoms with Crippen LogP contribution in [0.4, 0.5) is 0 Å². The molecule has 0 bridgehead atoms. The van der Waals surface area contributed by atoms with Gasteiger partial charge in [0, 0.05) is 18.1 Å². The van der Waals surface area contributed by atoms with Crippen LogP contribution in [0.1, 0.15) is 32.3 Å². The number of benzene rings is 1. The highest BCUT2D eigenvalue weighted by Crippen LogP contribution is 2.16. The molecule has 4 nitrogen and oxygen atoms in total. The molecule has 3 N–H and O–H groups in total. The SMILES string of the molecule is CCCC(C)(N)C(=O)NCc1cccc2cccnc12. The first-order valence-electron chi connectivity index (χ1n) is 6.94. The molecule has 4 heteroatoms. The van der Waals surface area contributed by atoms with Crippen molar-refractivity contribution in [2.24, 2.45) is 5.73 Å². The molecule has 0 radical (unpaired) electrons. The molecule has 1 aromatic carbocycles. The van der Waals surface area contributed by atoms with E-state index in [0.717, 1.165) is 22.9 Å². The second-order valence-electron chi connectivity index (χ2n) is 5.34. The van der Waals surface area contributed by atoms with Gasteiger partial charge in [-0.05, 0) is 25.0 Å². The summed E-state index contributed by atoms with van der Waals surface area (Å²) < 4.78 is 0. The van der Waals surface area contributed by atoms with Gasteiger partial charge in [0.25, 0.3) is 0 Å². The Bertz CT molecular complexity index is 602. The van der Waals surface area contributed by atoms with Crippen LogP contribution in [0, 0.1) is 0 Å². The molecule has 0 aliphatic carbocycles. The summed E-state index contributed by atoms with van der Waals surface area (Å²) in [4.78, 5) is 16.5. The molecule has 1 amide bonds. The van der Waals surface area contributed by atoms with Crippen LogP contribution in [0.25, 0.3) is 10.9 Å². The lowest BCUT2D eigenvalue weighted by Crippen LogP contribution is -2.51. The Morgan fingerprint density at radius 2 is 2.10 bits per heavy atom. The van der Waals surface area contributed by atoms with E-state index >= 15 is 0 Å². The zero-order chi connectivity index (χ0) is 14.6. The summed E-state index contributed by atoms with van der Waals surface area (Å²) in [6, 6.07) is 9.88. The molecule has 0 saturated carbocycles. The molecular formula is C16H21N3O. The predicted molar refractivity (Wildman–Crippen MR) is 81.1 cm³/mol. The van der Waals surface area contributed by atoms with Crippen molar-refractivity contribution in [3.8, 4) is 0 Å². The van der Waals surface area contributed by atoms with Gasteiger partial charge in [-0.2, -0.15) is 0 Å². The number of nitrogens with one attached hydrogen (secondary N) is 1. The molecule has 106 valence electrons. The van der Waals surface area contributed by atoms with Gasteiger partial charge in [0.2, 0.25) is 5.91 Å². The Kier molecular flexibility index (Phi) is 4.35. The first kappa shape index (κ1) is 14.5. The topological polar surface area (TPSA) is 68.0 Å². The molecule has 1 aromatic heterocycles. The number of rotatable bonds is 5. The number of aromatic nitrogens is 1. The Morgan fingerprint density at radius 1 is 1.35 bits per heavy atom. The number of para-hydroxylation sites is 1. The smallest absolute Gasteiger partial charge is 0.240 e. The van der Waals surface area contributed by atoms with E-state index in [9.17, 15) is 4.79 Å². The van der Waals surface area contributed by atoms with Crippen LogP contribution >= 0.6 is 0 Å². The summed E-state index contributed by atoms with van der Waals surface area (Å²) in [7, 11) is 0. The minimum atomic E-state index is -0.813.